The van der Waals surface area contributed by atoms with Crippen molar-refractivity contribution in [2.24, 2.45) is 5.92 Å². The average molecular weight is 395 g/mol. The number of ether oxygens (including phenoxy) is 1. The van der Waals surface area contributed by atoms with Crippen molar-refractivity contribution in [3.63, 3.8) is 0 Å². The summed E-state index contributed by atoms with van der Waals surface area (Å²) >= 11 is 5.66. The van der Waals surface area contributed by atoms with E-state index in [2.05, 4.69) is 26.3 Å². The van der Waals surface area contributed by atoms with Crippen LogP contribution < -0.4 is 5.32 Å². The van der Waals surface area contributed by atoms with Crippen LogP contribution in [0.3, 0.4) is 0 Å². The molecule has 0 saturated carbocycles. The first kappa shape index (κ1) is 18.6. The van der Waals surface area contributed by atoms with Gasteiger partial charge in [-0.05, 0) is 61.6 Å². The molecule has 1 aliphatic rings. The lowest BCUT2D eigenvalue weighted by atomic mass is 9.97. The van der Waals surface area contributed by atoms with Crippen molar-refractivity contribution in [3.05, 3.63) is 42.9 Å². The molecule has 3 aromatic rings. The number of carbonyl (C=O) groups is 1. The minimum absolute atomic E-state index is 0.0304. The van der Waals surface area contributed by atoms with Crippen LogP contribution in [0.2, 0.25) is 0 Å². The summed E-state index contributed by atoms with van der Waals surface area (Å²) < 4.78 is 5.14. The average Bonchev–Trinajstić information content (AvgIpc) is 2.74. The van der Waals surface area contributed by atoms with E-state index in [1.807, 2.05) is 31.3 Å². The lowest BCUT2D eigenvalue weighted by Gasteiger charge is -2.33. The third kappa shape index (κ3) is 3.62. The Morgan fingerprint density at radius 2 is 2.11 bits per heavy atom. The van der Waals surface area contributed by atoms with Gasteiger partial charge in [0.1, 0.15) is 0 Å². The van der Waals surface area contributed by atoms with Crippen LogP contribution in [0, 0.1) is 5.92 Å². The maximum atomic E-state index is 11.9. The largest absolute Gasteiger partial charge is 0.466 e. The van der Waals surface area contributed by atoms with Gasteiger partial charge in [0, 0.05) is 42.5 Å². The Labute approximate surface area is 168 Å². The number of aromatic nitrogens is 2. The Morgan fingerprint density at radius 3 is 2.89 bits per heavy atom. The van der Waals surface area contributed by atoms with Gasteiger partial charge in [0.15, 0.2) is 5.11 Å². The molecule has 6 nitrogen and oxygen atoms in total. The predicted molar refractivity (Wildman–Crippen MR) is 114 cm³/mol. The molecule has 7 heteroatoms. The summed E-state index contributed by atoms with van der Waals surface area (Å²) in [6.07, 6.45) is 6.92. The fourth-order valence-electron chi connectivity index (χ4n) is 3.68. The number of carbonyl (C=O) groups excluding carboxylic acids is 1. The third-order valence-electron chi connectivity index (χ3n) is 5.15. The zero-order valence-corrected chi connectivity index (χ0v) is 16.5. The number of esters is 1. The van der Waals surface area contributed by atoms with E-state index in [4.69, 9.17) is 17.0 Å². The topological polar surface area (TPSA) is 67.3 Å². The molecule has 1 aliphatic heterocycles. The van der Waals surface area contributed by atoms with E-state index in [9.17, 15) is 4.79 Å². The second-order valence-electron chi connectivity index (χ2n) is 6.86. The summed E-state index contributed by atoms with van der Waals surface area (Å²) in [5.74, 6) is -0.126. The van der Waals surface area contributed by atoms with Crippen LogP contribution in [0.1, 0.15) is 19.8 Å². The molecular formula is C21H22N4O2S. The van der Waals surface area contributed by atoms with E-state index in [0.29, 0.717) is 11.7 Å². The van der Waals surface area contributed by atoms with Crippen molar-refractivity contribution in [1.82, 2.24) is 14.9 Å². The standard InChI is InChI=1S/C21H22N4O2S/c1-2-27-20(26)14-6-10-25(11-7-14)21(28)24-18-12-15-5-9-22-13-17(15)19-16(18)4-3-8-23-19/h3-5,8-9,12-14H,2,6-7,10-11H2,1H3,(H,24,28). The van der Waals surface area contributed by atoms with E-state index < -0.39 is 0 Å². The summed E-state index contributed by atoms with van der Waals surface area (Å²) in [4.78, 5) is 22.8. The molecule has 0 atom stereocenters. The second kappa shape index (κ2) is 8.06. The summed E-state index contributed by atoms with van der Waals surface area (Å²) in [5, 5.41) is 7.15. The lowest BCUT2D eigenvalue weighted by molar-refractivity contribution is -0.149. The van der Waals surface area contributed by atoms with Gasteiger partial charge in [-0.2, -0.15) is 0 Å². The first-order valence-electron chi connectivity index (χ1n) is 9.51. The van der Waals surface area contributed by atoms with Crippen LogP contribution in [-0.4, -0.2) is 45.6 Å². The van der Waals surface area contributed by atoms with E-state index >= 15 is 0 Å². The molecule has 3 heterocycles. The molecular weight excluding hydrogens is 372 g/mol. The molecule has 0 spiro atoms. The van der Waals surface area contributed by atoms with Crippen molar-refractivity contribution in [1.29, 1.82) is 0 Å². The number of likely N-dealkylation sites (tertiary alicyclic amines) is 1. The first-order chi connectivity index (χ1) is 13.7. The maximum Gasteiger partial charge on any atom is 0.309 e. The zero-order valence-electron chi connectivity index (χ0n) is 15.7. The van der Waals surface area contributed by atoms with Gasteiger partial charge in [0.05, 0.1) is 23.7 Å². The number of hydrogen-bond donors (Lipinski definition) is 1. The molecule has 4 rings (SSSR count). The zero-order chi connectivity index (χ0) is 19.5. The second-order valence-corrected chi connectivity index (χ2v) is 7.25. The quantitative estimate of drug-likeness (QED) is 0.412. The van der Waals surface area contributed by atoms with Crippen LogP contribution in [0.25, 0.3) is 21.7 Å². The summed E-state index contributed by atoms with van der Waals surface area (Å²) in [6.45, 7) is 3.74. The van der Waals surface area contributed by atoms with Crippen molar-refractivity contribution < 1.29 is 9.53 Å². The highest BCUT2D eigenvalue weighted by molar-refractivity contribution is 7.80. The maximum absolute atomic E-state index is 11.9. The summed E-state index contributed by atoms with van der Waals surface area (Å²) in [7, 11) is 0. The highest BCUT2D eigenvalue weighted by Gasteiger charge is 2.27. The molecule has 144 valence electrons. The van der Waals surface area contributed by atoms with Crippen LogP contribution in [0.5, 0.6) is 0 Å². The molecule has 0 aliphatic carbocycles. The number of rotatable bonds is 3. The number of piperidine rings is 1. The van der Waals surface area contributed by atoms with Crippen molar-refractivity contribution in [2.45, 2.75) is 19.8 Å². The number of anilines is 1. The summed E-state index contributed by atoms with van der Waals surface area (Å²) in [5.41, 5.74) is 1.83. The van der Waals surface area contributed by atoms with Crippen molar-refractivity contribution in [2.75, 3.05) is 25.0 Å². The Bertz CT molecular complexity index is 1030. The number of benzene rings is 1. The molecule has 1 N–H and O–H groups in total. The van der Waals surface area contributed by atoms with Crippen LogP contribution >= 0.6 is 12.2 Å². The minimum Gasteiger partial charge on any atom is -0.466 e. The Hall–Kier alpha value is -2.80. The van der Waals surface area contributed by atoms with Crippen LogP contribution in [-0.2, 0) is 9.53 Å². The Balaban J connectivity index is 1.53. The predicted octanol–water partition coefficient (Wildman–Crippen LogP) is 3.75. The third-order valence-corrected chi connectivity index (χ3v) is 5.51. The van der Waals surface area contributed by atoms with E-state index in [1.54, 1.807) is 12.4 Å². The lowest BCUT2D eigenvalue weighted by Crippen LogP contribution is -2.42. The molecule has 0 amide bonds. The SMILES string of the molecule is CCOC(=O)C1CCN(C(=S)Nc2cc3ccncc3c3ncccc23)CC1. The number of hydrogen-bond acceptors (Lipinski definition) is 5. The van der Waals surface area contributed by atoms with E-state index in [0.717, 1.165) is 53.3 Å². The fraction of sp³-hybridized carbons (Fsp3) is 0.333. The fourth-order valence-corrected chi connectivity index (χ4v) is 3.97. The normalized spacial score (nSPS) is 15.0. The minimum atomic E-state index is -0.0961. The Morgan fingerprint density at radius 1 is 1.29 bits per heavy atom. The molecule has 1 fully saturated rings. The van der Waals surface area contributed by atoms with Gasteiger partial charge in [0.25, 0.3) is 0 Å². The van der Waals surface area contributed by atoms with Crippen molar-refractivity contribution in [3.8, 4) is 0 Å². The molecule has 1 saturated heterocycles. The smallest absolute Gasteiger partial charge is 0.309 e. The molecule has 1 aromatic carbocycles. The van der Waals surface area contributed by atoms with Crippen LogP contribution in [0.4, 0.5) is 5.69 Å². The van der Waals surface area contributed by atoms with E-state index in [1.165, 1.54) is 0 Å². The number of nitrogens with one attached hydrogen (secondary N) is 1. The van der Waals surface area contributed by atoms with Gasteiger partial charge < -0.3 is 15.0 Å². The van der Waals surface area contributed by atoms with Crippen LogP contribution in [0.15, 0.2) is 42.9 Å². The number of fused-ring (bicyclic) bond motifs is 3. The van der Waals surface area contributed by atoms with Gasteiger partial charge in [-0.1, -0.05) is 0 Å². The molecule has 0 unspecified atom stereocenters. The highest BCUT2D eigenvalue weighted by atomic mass is 32.1. The highest BCUT2D eigenvalue weighted by Crippen LogP contribution is 2.30. The first-order valence-corrected chi connectivity index (χ1v) is 9.92. The number of thiocarbonyl (C=S) groups is 1. The van der Waals surface area contributed by atoms with Gasteiger partial charge in [0.2, 0.25) is 0 Å². The van der Waals surface area contributed by atoms with Gasteiger partial charge in [-0.3, -0.25) is 14.8 Å². The molecule has 2 aromatic heterocycles. The van der Waals surface area contributed by atoms with Gasteiger partial charge in [-0.15, -0.1) is 0 Å². The number of pyridine rings is 2. The molecule has 0 radical (unpaired) electrons. The van der Waals surface area contributed by atoms with Crippen molar-refractivity contribution >= 4 is 50.7 Å². The number of nitrogens with zero attached hydrogens (tertiary/aromatic N) is 3. The Kier molecular flexibility index (Phi) is 5.34. The molecule has 0 bridgehead atoms. The summed E-state index contributed by atoms with van der Waals surface area (Å²) in [6, 6.07) is 8.01. The van der Waals surface area contributed by atoms with Gasteiger partial charge >= 0.3 is 5.97 Å². The monoisotopic (exact) mass is 394 g/mol. The molecule has 28 heavy (non-hydrogen) atoms. The van der Waals surface area contributed by atoms with Gasteiger partial charge in [-0.25, -0.2) is 0 Å². The van der Waals surface area contributed by atoms with E-state index in [-0.39, 0.29) is 11.9 Å².